The first-order valence-corrected chi connectivity index (χ1v) is 8.06. The van der Waals surface area contributed by atoms with E-state index in [1.165, 1.54) is 20.3 Å². The summed E-state index contributed by atoms with van der Waals surface area (Å²) < 4.78 is 37.6. The minimum absolute atomic E-state index is 0.140. The van der Waals surface area contributed by atoms with E-state index in [-0.39, 0.29) is 24.5 Å². The molecule has 0 saturated heterocycles. The van der Waals surface area contributed by atoms with Crippen LogP contribution in [0.15, 0.2) is 23.1 Å². The molecule has 1 rings (SSSR count). The Morgan fingerprint density at radius 1 is 1.29 bits per heavy atom. The van der Waals surface area contributed by atoms with Crippen molar-refractivity contribution in [1.29, 1.82) is 0 Å². The SMILES string of the molecule is COc1ccc(S(=O)(=O)NCC(C)(C)OC)c(CCO)c1. The van der Waals surface area contributed by atoms with Crippen LogP contribution in [0.2, 0.25) is 0 Å². The van der Waals surface area contributed by atoms with Gasteiger partial charge in [-0.05, 0) is 44.0 Å². The molecule has 0 fully saturated rings. The van der Waals surface area contributed by atoms with Gasteiger partial charge in [-0.3, -0.25) is 0 Å². The zero-order chi connectivity index (χ0) is 16.1. The highest BCUT2D eigenvalue weighted by Crippen LogP contribution is 2.22. The highest BCUT2D eigenvalue weighted by atomic mass is 32.2. The van der Waals surface area contributed by atoms with Gasteiger partial charge in [0.05, 0.1) is 17.6 Å². The van der Waals surface area contributed by atoms with Gasteiger partial charge in [-0.2, -0.15) is 0 Å². The predicted octanol–water partition coefficient (Wildman–Crippen LogP) is 0.933. The Hall–Kier alpha value is -1.15. The molecule has 0 amide bonds. The molecule has 2 N–H and O–H groups in total. The van der Waals surface area contributed by atoms with Gasteiger partial charge in [0.25, 0.3) is 0 Å². The second kappa shape index (κ2) is 7.22. The first kappa shape index (κ1) is 17.9. The molecular weight excluding hydrogens is 294 g/mol. The van der Waals surface area contributed by atoms with Gasteiger partial charge in [-0.15, -0.1) is 0 Å². The fourth-order valence-corrected chi connectivity index (χ4v) is 3.13. The van der Waals surface area contributed by atoms with Crippen LogP contribution in [-0.2, 0) is 21.2 Å². The van der Waals surface area contributed by atoms with Crippen LogP contribution in [0.1, 0.15) is 19.4 Å². The lowest BCUT2D eigenvalue weighted by molar-refractivity contribution is 0.0276. The number of aliphatic hydroxyl groups excluding tert-OH is 1. The molecule has 7 heteroatoms. The van der Waals surface area contributed by atoms with E-state index in [0.29, 0.717) is 11.3 Å². The largest absolute Gasteiger partial charge is 0.497 e. The normalized spacial score (nSPS) is 12.4. The number of benzene rings is 1. The molecule has 0 bridgehead atoms. The van der Waals surface area contributed by atoms with Crippen molar-refractivity contribution in [2.45, 2.75) is 30.8 Å². The number of methoxy groups -OCH3 is 2. The number of hydrogen-bond donors (Lipinski definition) is 2. The van der Waals surface area contributed by atoms with E-state index in [1.807, 2.05) is 0 Å². The Labute approximate surface area is 126 Å². The molecule has 21 heavy (non-hydrogen) atoms. The summed E-state index contributed by atoms with van der Waals surface area (Å²) in [6.07, 6.45) is 0.237. The van der Waals surface area contributed by atoms with Gasteiger partial charge >= 0.3 is 0 Å². The smallest absolute Gasteiger partial charge is 0.240 e. The average Bonchev–Trinajstić information content (AvgIpc) is 2.45. The van der Waals surface area contributed by atoms with Crippen LogP contribution in [0.4, 0.5) is 0 Å². The maximum absolute atomic E-state index is 12.4. The average molecular weight is 317 g/mol. The molecule has 0 aliphatic carbocycles. The fourth-order valence-electron chi connectivity index (χ4n) is 1.68. The third-order valence-corrected chi connectivity index (χ3v) is 4.68. The summed E-state index contributed by atoms with van der Waals surface area (Å²) in [7, 11) is -0.646. The first-order chi connectivity index (χ1) is 9.75. The summed E-state index contributed by atoms with van der Waals surface area (Å²) in [6, 6.07) is 4.68. The molecule has 120 valence electrons. The standard InChI is InChI=1S/C14H23NO5S/c1-14(2,20-4)10-15-21(17,18)13-6-5-12(19-3)9-11(13)7-8-16/h5-6,9,15-16H,7-8,10H2,1-4H3. The van der Waals surface area contributed by atoms with E-state index in [0.717, 1.165) is 0 Å². The lowest BCUT2D eigenvalue weighted by Crippen LogP contribution is -2.39. The zero-order valence-corrected chi connectivity index (χ0v) is 13.7. The third-order valence-electron chi connectivity index (χ3n) is 3.18. The second-order valence-corrected chi connectivity index (χ2v) is 6.97. The molecule has 0 spiro atoms. The van der Waals surface area contributed by atoms with Gasteiger partial charge in [-0.25, -0.2) is 13.1 Å². The Balaban J connectivity index is 3.07. The lowest BCUT2D eigenvalue weighted by atomic mass is 10.1. The van der Waals surface area contributed by atoms with E-state index in [9.17, 15) is 8.42 Å². The molecule has 0 heterocycles. The maximum Gasteiger partial charge on any atom is 0.240 e. The van der Waals surface area contributed by atoms with Crippen LogP contribution in [-0.4, -0.2) is 46.5 Å². The predicted molar refractivity (Wildman–Crippen MR) is 80.1 cm³/mol. The topological polar surface area (TPSA) is 84.9 Å². The van der Waals surface area contributed by atoms with Gasteiger partial charge < -0.3 is 14.6 Å². The highest BCUT2D eigenvalue weighted by Gasteiger charge is 2.23. The van der Waals surface area contributed by atoms with Crippen LogP contribution in [0.25, 0.3) is 0 Å². The zero-order valence-electron chi connectivity index (χ0n) is 12.8. The summed E-state index contributed by atoms with van der Waals surface area (Å²) in [5.41, 5.74) is -0.0870. The van der Waals surface area contributed by atoms with Crippen LogP contribution in [0.5, 0.6) is 5.75 Å². The molecule has 0 aromatic heterocycles. The number of rotatable bonds is 8. The molecular formula is C14H23NO5S. The van der Waals surface area contributed by atoms with Gasteiger partial charge in [0, 0.05) is 20.3 Å². The summed E-state index contributed by atoms with van der Waals surface area (Å²) >= 11 is 0. The Morgan fingerprint density at radius 3 is 2.48 bits per heavy atom. The second-order valence-electron chi connectivity index (χ2n) is 5.24. The molecule has 0 radical (unpaired) electrons. The quantitative estimate of drug-likeness (QED) is 0.745. The number of hydrogen-bond acceptors (Lipinski definition) is 5. The minimum atomic E-state index is -3.68. The third kappa shape index (κ3) is 4.96. The summed E-state index contributed by atoms with van der Waals surface area (Å²) in [4.78, 5) is 0.143. The Bertz CT molecular complexity index is 569. The highest BCUT2D eigenvalue weighted by molar-refractivity contribution is 7.89. The molecule has 0 atom stereocenters. The van der Waals surface area contributed by atoms with Crippen LogP contribution in [0.3, 0.4) is 0 Å². The number of ether oxygens (including phenoxy) is 2. The Morgan fingerprint density at radius 2 is 1.95 bits per heavy atom. The number of nitrogens with one attached hydrogen (secondary N) is 1. The van der Waals surface area contributed by atoms with E-state index >= 15 is 0 Å². The minimum Gasteiger partial charge on any atom is -0.497 e. The van der Waals surface area contributed by atoms with Crippen molar-refractivity contribution in [3.63, 3.8) is 0 Å². The van der Waals surface area contributed by atoms with Crippen molar-refractivity contribution in [2.24, 2.45) is 0 Å². The van der Waals surface area contributed by atoms with Crippen molar-refractivity contribution >= 4 is 10.0 Å². The summed E-state index contributed by atoms with van der Waals surface area (Å²) in [5.74, 6) is 0.551. The first-order valence-electron chi connectivity index (χ1n) is 6.58. The molecule has 0 unspecified atom stereocenters. The van der Waals surface area contributed by atoms with Gasteiger partial charge in [0.15, 0.2) is 0 Å². The number of sulfonamides is 1. The van der Waals surface area contributed by atoms with Crippen molar-refractivity contribution in [1.82, 2.24) is 4.72 Å². The van der Waals surface area contributed by atoms with Crippen molar-refractivity contribution < 1.29 is 23.0 Å². The molecule has 0 aliphatic heterocycles. The van der Waals surface area contributed by atoms with E-state index in [4.69, 9.17) is 14.6 Å². The molecule has 0 aliphatic rings. The van der Waals surface area contributed by atoms with E-state index in [1.54, 1.807) is 26.0 Å². The van der Waals surface area contributed by atoms with Crippen LogP contribution >= 0.6 is 0 Å². The van der Waals surface area contributed by atoms with Crippen LogP contribution in [0, 0.1) is 0 Å². The number of aliphatic hydroxyl groups is 1. The Kier molecular flexibility index (Phi) is 6.15. The molecule has 6 nitrogen and oxygen atoms in total. The molecule has 1 aromatic carbocycles. The van der Waals surface area contributed by atoms with Crippen molar-refractivity contribution in [3.05, 3.63) is 23.8 Å². The lowest BCUT2D eigenvalue weighted by Gasteiger charge is -2.23. The van der Waals surface area contributed by atoms with Gasteiger partial charge in [-0.1, -0.05) is 0 Å². The molecule has 1 aromatic rings. The maximum atomic E-state index is 12.4. The van der Waals surface area contributed by atoms with E-state index < -0.39 is 15.6 Å². The summed E-state index contributed by atoms with van der Waals surface area (Å²) in [6.45, 7) is 3.59. The molecule has 0 saturated carbocycles. The van der Waals surface area contributed by atoms with Crippen molar-refractivity contribution in [3.8, 4) is 5.75 Å². The monoisotopic (exact) mass is 317 g/mol. The van der Waals surface area contributed by atoms with Crippen molar-refractivity contribution in [2.75, 3.05) is 27.4 Å². The van der Waals surface area contributed by atoms with Crippen LogP contribution < -0.4 is 9.46 Å². The fraction of sp³-hybridized carbons (Fsp3) is 0.571. The summed E-state index contributed by atoms with van der Waals surface area (Å²) in [5, 5.41) is 9.09. The van der Waals surface area contributed by atoms with Gasteiger partial charge in [0.2, 0.25) is 10.0 Å². The van der Waals surface area contributed by atoms with E-state index in [2.05, 4.69) is 4.72 Å². The van der Waals surface area contributed by atoms with Gasteiger partial charge in [0.1, 0.15) is 5.75 Å².